The molecule has 2 aromatic rings. The first-order chi connectivity index (χ1) is 9.95. The quantitative estimate of drug-likeness (QED) is 0.827. The summed E-state index contributed by atoms with van der Waals surface area (Å²) in [5.41, 5.74) is 0.0153. The van der Waals surface area contributed by atoms with E-state index >= 15 is 0 Å². The van der Waals surface area contributed by atoms with Gasteiger partial charge in [-0.3, -0.25) is 4.79 Å². The van der Waals surface area contributed by atoms with Crippen molar-refractivity contribution < 1.29 is 18.3 Å². The lowest BCUT2D eigenvalue weighted by Crippen LogP contribution is -2.25. The Hall–Kier alpha value is -1.94. The summed E-state index contributed by atoms with van der Waals surface area (Å²) in [6, 6.07) is 9.64. The molecule has 0 amide bonds. The molecule has 0 bridgehead atoms. The van der Waals surface area contributed by atoms with Crippen LogP contribution in [-0.2, 0) is 11.2 Å². The van der Waals surface area contributed by atoms with Gasteiger partial charge in [-0.1, -0.05) is 17.7 Å². The average molecular weight is 311 g/mol. The first kappa shape index (κ1) is 15.4. The number of halogens is 3. The Bertz CT molecular complexity index is 658. The van der Waals surface area contributed by atoms with Gasteiger partial charge in [-0.2, -0.15) is 0 Å². The van der Waals surface area contributed by atoms with Crippen LogP contribution in [0.1, 0.15) is 12.5 Å². The zero-order valence-electron chi connectivity index (χ0n) is 11.3. The number of ether oxygens (including phenoxy) is 1. The van der Waals surface area contributed by atoms with Crippen molar-refractivity contribution in [3.05, 3.63) is 64.7 Å². The molecule has 2 rings (SSSR count). The van der Waals surface area contributed by atoms with Gasteiger partial charge in [-0.25, -0.2) is 8.78 Å². The Morgan fingerprint density at radius 3 is 2.71 bits per heavy atom. The van der Waals surface area contributed by atoms with Crippen molar-refractivity contribution in [2.45, 2.75) is 19.4 Å². The molecule has 0 N–H and O–H groups in total. The van der Waals surface area contributed by atoms with Gasteiger partial charge >= 0.3 is 0 Å². The summed E-state index contributed by atoms with van der Waals surface area (Å²) in [6.07, 6.45) is -1.02. The third-order valence-electron chi connectivity index (χ3n) is 2.93. The average Bonchev–Trinajstić information content (AvgIpc) is 2.43. The highest BCUT2D eigenvalue weighted by molar-refractivity contribution is 6.30. The summed E-state index contributed by atoms with van der Waals surface area (Å²) >= 11 is 5.82. The van der Waals surface area contributed by atoms with Gasteiger partial charge in [0.2, 0.25) is 0 Å². The number of rotatable bonds is 5. The maximum absolute atomic E-state index is 13.5. The van der Waals surface area contributed by atoms with Crippen LogP contribution in [0.25, 0.3) is 0 Å². The van der Waals surface area contributed by atoms with Crippen molar-refractivity contribution in [2.75, 3.05) is 0 Å². The Morgan fingerprint density at radius 1 is 1.24 bits per heavy atom. The fourth-order valence-electron chi connectivity index (χ4n) is 1.82. The number of hydrogen-bond donors (Lipinski definition) is 0. The van der Waals surface area contributed by atoms with Crippen LogP contribution in [0.4, 0.5) is 8.78 Å². The molecule has 0 saturated carbocycles. The van der Waals surface area contributed by atoms with Gasteiger partial charge in [0.1, 0.15) is 17.4 Å². The molecular weight excluding hydrogens is 298 g/mol. The molecular formula is C16H13ClF2O2. The highest BCUT2D eigenvalue weighted by Gasteiger charge is 2.17. The lowest BCUT2D eigenvalue weighted by atomic mass is 10.1. The van der Waals surface area contributed by atoms with E-state index in [2.05, 4.69) is 0 Å². The molecule has 21 heavy (non-hydrogen) atoms. The monoisotopic (exact) mass is 310 g/mol. The Balaban J connectivity index is 2.04. The van der Waals surface area contributed by atoms with Crippen LogP contribution in [-0.4, -0.2) is 11.9 Å². The fourth-order valence-corrected chi connectivity index (χ4v) is 2.00. The number of Topliss-reactive ketones (excluding diaryl/α,β-unsaturated/α-hetero) is 1. The maximum atomic E-state index is 13.5. The molecule has 0 heterocycles. The predicted molar refractivity (Wildman–Crippen MR) is 76.6 cm³/mol. The zero-order valence-corrected chi connectivity index (χ0v) is 12.0. The van der Waals surface area contributed by atoms with Gasteiger partial charge in [0.15, 0.2) is 11.9 Å². The standard InChI is InChI=1S/C16H13ClF2O2/c1-10(21-14-4-2-3-12(17)9-14)16(20)8-11-7-13(18)5-6-15(11)19/h2-7,9-10H,8H2,1H3. The molecule has 0 fully saturated rings. The molecule has 2 aromatic carbocycles. The van der Waals surface area contributed by atoms with E-state index in [9.17, 15) is 13.6 Å². The van der Waals surface area contributed by atoms with Gasteiger partial charge in [-0.05, 0) is 48.9 Å². The number of benzene rings is 2. The molecule has 0 spiro atoms. The van der Waals surface area contributed by atoms with Gasteiger partial charge in [0, 0.05) is 11.4 Å². The van der Waals surface area contributed by atoms with E-state index in [0.29, 0.717) is 10.8 Å². The van der Waals surface area contributed by atoms with Crippen LogP contribution < -0.4 is 4.74 Å². The van der Waals surface area contributed by atoms with Crippen LogP contribution >= 0.6 is 11.6 Å². The van der Waals surface area contributed by atoms with E-state index in [4.69, 9.17) is 16.3 Å². The van der Waals surface area contributed by atoms with Gasteiger partial charge in [0.05, 0.1) is 0 Å². The van der Waals surface area contributed by atoms with Crippen molar-refractivity contribution in [3.63, 3.8) is 0 Å². The second-order valence-electron chi connectivity index (χ2n) is 4.60. The molecule has 110 valence electrons. The van der Waals surface area contributed by atoms with Gasteiger partial charge in [-0.15, -0.1) is 0 Å². The normalized spacial score (nSPS) is 12.0. The van der Waals surface area contributed by atoms with Crippen LogP contribution in [0.15, 0.2) is 42.5 Å². The third kappa shape index (κ3) is 4.26. The summed E-state index contributed by atoms with van der Waals surface area (Å²) in [5, 5.41) is 0.489. The smallest absolute Gasteiger partial charge is 0.177 e. The summed E-state index contributed by atoms with van der Waals surface area (Å²) in [7, 11) is 0. The number of hydrogen-bond acceptors (Lipinski definition) is 2. The molecule has 0 aliphatic rings. The second kappa shape index (κ2) is 6.68. The SMILES string of the molecule is CC(Oc1cccc(Cl)c1)C(=O)Cc1cc(F)ccc1F. The summed E-state index contributed by atoms with van der Waals surface area (Å²) in [5.74, 6) is -1.09. The van der Waals surface area contributed by atoms with Gasteiger partial charge in [0.25, 0.3) is 0 Å². The van der Waals surface area contributed by atoms with E-state index < -0.39 is 17.7 Å². The van der Waals surface area contributed by atoms with Crippen LogP contribution in [0, 0.1) is 11.6 Å². The van der Waals surface area contributed by atoms with Gasteiger partial charge < -0.3 is 4.74 Å². The molecule has 0 aliphatic carbocycles. The third-order valence-corrected chi connectivity index (χ3v) is 3.17. The largest absolute Gasteiger partial charge is 0.483 e. The molecule has 1 unspecified atom stereocenters. The van der Waals surface area contributed by atoms with E-state index in [1.165, 1.54) is 0 Å². The van der Waals surface area contributed by atoms with Crippen LogP contribution in [0.3, 0.4) is 0 Å². The zero-order chi connectivity index (χ0) is 15.4. The lowest BCUT2D eigenvalue weighted by Gasteiger charge is -2.14. The van der Waals surface area contributed by atoms with Crippen molar-refractivity contribution in [3.8, 4) is 5.75 Å². The molecule has 2 nitrogen and oxygen atoms in total. The molecule has 0 saturated heterocycles. The van der Waals surface area contributed by atoms with Crippen molar-refractivity contribution in [2.24, 2.45) is 0 Å². The first-order valence-corrected chi connectivity index (χ1v) is 6.72. The number of carbonyl (C=O) groups excluding carboxylic acids is 1. The Morgan fingerprint density at radius 2 is 2.00 bits per heavy atom. The molecule has 0 aromatic heterocycles. The molecule has 1 atom stereocenters. The van der Waals surface area contributed by atoms with Crippen molar-refractivity contribution in [1.82, 2.24) is 0 Å². The molecule has 5 heteroatoms. The predicted octanol–water partition coefficient (Wildman–Crippen LogP) is 4.20. The van der Waals surface area contributed by atoms with Crippen LogP contribution in [0.5, 0.6) is 5.75 Å². The molecule has 0 radical (unpaired) electrons. The minimum absolute atomic E-state index is 0.0153. The summed E-state index contributed by atoms with van der Waals surface area (Å²) in [6.45, 7) is 1.56. The van der Waals surface area contributed by atoms with Crippen LogP contribution in [0.2, 0.25) is 5.02 Å². The summed E-state index contributed by atoms with van der Waals surface area (Å²) < 4.78 is 32.0. The number of carbonyl (C=O) groups is 1. The maximum Gasteiger partial charge on any atom is 0.177 e. The Kier molecular flexibility index (Phi) is 4.91. The first-order valence-electron chi connectivity index (χ1n) is 6.34. The minimum atomic E-state index is -0.786. The minimum Gasteiger partial charge on any atom is -0.483 e. The number of ketones is 1. The van der Waals surface area contributed by atoms with E-state index in [1.54, 1.807) is 31.2 Å². The highest BCUT2D eigenvalue weighted by atomic mass is 35.5. The highest BCUT2D eigenvalue weighted by Crippen LogP contribution is 2.19. The topological polar surface area (TPSA) is 26.3 Å². The second-order valence-corrected chi connectivity index (χ2v) is 5.03. The van der Waals surface area contributed by atoms with E-state index in [1.807, 2.05) is 0 Å². The molecule has 0 aliphatic heterocycles. The van der Waals surface area contributed by atoms with E-state index in [-0.39, 0.29) is 17.8 Å². The Labute approximate surface area is 126 Å². The van der Waals surface area contributed by atoms with Crippen molar-refractivity contribution in [1.29, 1.82) is 0 Å². The van der Waals surface area contributed by atoms with Crippen molar-refractivity contribution >= 4 is 17.4 Å². The summed E-state index contributed by atoms with van der Waals surface area (Å²) in [4.78, 5) is 12.0. The fraction of sp³-hybridized carbons (Fsp3) is 0.188. The lowest BCUT2D eigenvalue weighted by molar-refractivity contribution is -0.124. The van der Waals surface area contributed by atoms with E-state index in [0.717, 1.165) is 18.2 Å².